The summed E-state index contributed by atoms with van der Waals surface area (Å²) in [6.07, 6.45) is 3.77. The van der Waals surface area contributed by atoms with E-state index < -0.39 is 0 Å². The van der Waals surface area contributed by atoms with Gasteiger partial charge in [0.2, 0.25) is 0 Å². The molecule has 1 aromatic carbocycles. The summed E-state index contributed by atoms with van der Waals surface area (Å²) in [6.45, 7) is 0. The highest BCUT2D eigenvalue weighted by atomic mass is 35.5. The summed E-state index contributed by atoms with van der Waals surface area (Å²) in [6, 6.07) is 5.69. The maximum Gasteiger partial charge on any atom is 0.111 e. The molecule has 0 aliphatic carbocycles. The Morgan fingerprint density at radius 2 is 2.07 bits per heavy atom. The molecule has 0 radical (unpaired) electrons. The number of hydrogen-bond acceptors (Lipinski definition) is 2. The van der Waals surface area contributed by atoms with E-state index in [-0.39, 0.29) is 0 Å². The average molecular weight is 218 g/mol. The van der Waals surface area contributed by atoms with Crippen LogP contribution in [0.4, 0.5) is 0 Å². The smallest absolute Gasteiger partial charge is 0.111 e. The van der Waals surface area contributed by atoms with Crippen molar-refractivity contribution in [2.24, 2.45) is 7.05 Å². The molecule has 0 saturated heterocycles. The number of aromatic nitrogens is 3. The van der Waals surface area contributed by atoms with E-state index in [0.29, 0.717) is 0 Å². The Morgan fingerprint density at radius 1 is 1.20 bits per heavy atom. The van der Waals surface area contributed by atoms with Gasteiger partial charge in [0.05, 0.1) is 11.7 Å². The van der Waals surface area contributed by atoms with E-state index in [1.807, 2.05) is 31.4 Å². The highest BCUT2D eigenvalue weighted by Crippen LogP contribution is 2.24. The molecule has 2 heterocycles. The van der Waals surface area contributed by atoms with Gasteiger partial charge < -0.3 is 0 Å². The zero-order chi connectivity index (χ0) is 10.4. The van der Waals surface area contributed by atoms with Crippen LogP contribution in [0, 0.1) is 0 Å². The van der Waals surface area contributed by atoms with E-state index >= 15 is 0 Å². The minimum Gasteiger partial charge on any atom is -0.275 e. The number of rotatable bonds is 0. The third-order valence-corrected chi connectivity index (χ3v) is 2.67. The second-order valence-corrected chi connectivity index (χ2v) is 3.96. The molecule has 0 amide bonds. The Labute approximate surface area is 91.3 Å². The van der Waals surface area contributed by atoms with Gasteiger partial charge in [-0.1, -0.05) is 11.6 Å². The van der Waals surface area contributed by atoms with Crippen molar-refractivity contribution in [3.8, 4) is 0 Å². The monoisotopic (exact) mass is 217 g/mol. The fourth-order valence-electron chi connectivity index (χ4n) is 1.78. The van der Waals surface area contributed by atoms with Crippen LogP contribution in [0.5, 0.6) is 0 Å². The van der Waals surface area contributed by atoms with E-state index in [9.17, 15) is 0 Å². The van der Waals surface area contributed by atoms with Crippen molar-refractivity contribution in [2.75, 3.05) is 0 Å². The Morgan fingerprint density at radius 3 is 2.93 bits per heavy atom. The highest BCUT2D eigenvalue weighted by Gasteiger charge is 2.05. The summed E-state index contributed by atoms with van der Waals surface area (Å²) >= 11 is 5.97. The summed E-state index contributed by atoms with van der Waals surface area (Å²) in [5.74, 6) is 0. The number of fused-ring (bicyclic) bond motifs is 3. The lowest BCUT2D eigenvalue weighted by Crippen LogP contribution is -1.84. The van der Waals surface area contributed by atoms with Gasteiger partial charge >= 0.3 is 0 Å². The second-order valence-electron chi connectivity index (χ2n) is 3.52. The Kier molecular flexibility index (Phi) is 1.70. The molecule has 74 valence electrons. The first kappa shape index (κ1) is 8.68. The summed E-state index contributed by atoms with van der Waals surface area (Å²) in [5.41, 5.74) is 1.84. The SMILES string of the molecule is Cn1cc2c(cnc3ccc(Cl)cc32)n1. The van der Waals surface area contributed by atoms with Crippen LogP contribution in [0.25, 0.3) is 21.8 Å². The minimum atomic E-state index is 0.723. The van der Waals surface area contributed by atoms with Crippen molar-refractivity contribution >= 4 is 33.4 Å². The molecule has 0 saturated carbocycles. The zero-order valence-corrected chi connectivity index (χ0v) is 8.86. The Balaban J connectivity index is 2.56. The van der Waals surface area contributed by atoms with Gasteiger partial charge in [-0.3, -0.25) is 9.67 Å². The molecule has 0 spiro atoms. The first-order valence-corrected chi connectivity index (χ1v) is 4.99. The van der Waals surface area contributed by atoms with E-state index in [1.54, 1.807) is 10.9 Å². The molecule has 3 nitrogen and oxygen atoms in total. The fourth-order valence-corrected chi connectivity index (χ4v) is 1.95. The van der Waals surface area contributed by atoms with Crippen molar-refractivity contribution < 1.29 is 0 Å². The maximum absolute atomic E-state index is 5.97. The lowest BCUT2D eigenvalue weighted by atomic mass is 10.1. The molecule has 2 aromatic heterocycles. The minimum absolute atomic E-state index is 0.723. The molecule has 0 atom stereocenters. The number of aryl methyl sites for hydroxylation is 1. The van der Waals surface area contributed by atoms with Crippen LogP contribution in [-0.2, 0) is 7.05 Å². The summed E-state index contributed by atoms with van der Waals surface area (Å²) in [5, 5.41) is 7.16. The Hall–Kier alpha value is -1.61. The van der Waals surface area contributed by atoms with Crippen LogP contribution >= 0.6 is 11.6 Å². The van der Waals surface area contributed by atoms with Gasteiger partial charge in [0.1, 0.15) is 5.52 Å². The van der Waals surface area contributed by atoms with Crippen LogP contribution in [0.2, 0.25) is 5.02 Å². The average Bonchev–Trinajstić information content (AvgIpc) is 2.58. The van der Waals surface area contributed by atoms with Gasteiger partial charge in [-0.05, 0) is 18.2 Å². The first-order chi connectivity index (χ1) is 7.24. The summed E-state index contributed by atoms with van der Waals surface area (Å²) in [4.78, 5) is 4.33. The third-order valence-electron chi connectivity index (χ3n) is 2.43. The van der Waals surface area contributed by atoms with Gasteiger partial charge in [-0.25, -0.2) is 0 Å². The predicted octanol–water partition coefficient (Wildman–Crippen LogP) is 2.77. The fraction of sp³-hybridized carbons (Fsp3) is 0.0909. The van der Waals surface area contributed by atoms with Gasteiger partial charge in [0.25, 0.3) is 0 Å². The molecule has 15 heavy (non-hydrogen) atoms. The largest absolute Gasteiger partial charge is 0.275 e. The van der Waals surface area contributed by atoms with Gasteiger partial charge in [0, 0.05) is 29.0 Å². The van der Waals surface area contributed by atoms with Crippen LogP contribution < -0.4 is 0 Å². The van der Waals surface area contributed by atoms with Crippen molar-refractivity contribution in [3.05, 3.63) is 35.6 Å². The molecular weight excluding hydrogens is 210 g/mol. The standard InChI is InChI=1S/C11H8ClN3/c1-15-6-9-8-4-7(12)2-3-10(8)13-5-11(9)14-15/h2-6H,1H3. The molecule has 3 rings (SSSR count). The normalized spacial score (nSPS) is 11.3. The maximum atomic E-state index is 5.97. The van der Waals surface area contributed by atoms with Gasteiger partial charge in [-0.15, -0.1) is 0 Å². The summed E-state index contributed by atoms with van der Waals surface area (Å²) in [7, 11) is 1.90. The molecule has 0 aliphatic rings. The predicted molar refractivity (Wildman–Crippen MR) is 61.0 cm³/mol. The molecule has 3 aromatic rings. The van der Waals surface area contributed by atoms with Crippen molar-refractivity contribution in [1.29, 1.82) is 0 Å². The molecule has 0 aliphatic heterocycles. The third kappa shape index (κ3) is 1.27. The Bertz CT molecular complexity index is 657. The molecule has 0 bridgehead atoms. The van der Waals surface area contributed by atoms with E-state index in [1.165, 1.54) is 0 Å². The highest BCUT2D eigenvalue weighted by molar-refractivity contribution is 6.31. The molecule has 4 heteroatoms. The summed E-state index contributed by atoms with van der Waals surface area (Å²) < 4.78 is 1.78. The number of pyridine rings is 1. The zero-order valence-electron chi connectivity index (χ0n) is 8.11. The van der Waals surface area contributed by atoms with E-state index in [2.05, 4.69) is 10.1 Å². The van der Waals surface area contributed by atoms with Crippen LogP contribution in [-0.4, -0.2) is 14.8 Å². The molecule has 0 N–H and O–H groups in total. The molecule has 0 fully saturated rings. The van der Waals surface area contributed by atoms with Gasteiger partial charge in [0.15, 0.2) is 0 Å². The van der Waals surface area contributed by atoms with Crippen molar-refractivity contribution in [3.63, 3.8) is 0 Å². The lowest BCUT2D eigenvalue weighted by molar-refractivity contribution is 0.779. The lowest BCUT2D eigenvalue weighted by Gasteiger charge is -1.97. The van der Waals surface area contributed by atoms with Crippen molar-refractivity contribution in [1.82, 2.24) is 14.8 Å². The molecule has 0 unspecified atom stereocenters. The van der Waals surface area contributed by atoms with Gasteiger partial charge in [-0.2, -0.15) is 5.10 Å². The number of benzene rings is 1. The van der Waals surface area contributed by atoms with Crippen LogP contribution in [0.1, 0.15) is 0 Å². The van der Waals surface area contributed by atoms with E-state index in [4.69, 9.17) is 11.6 Å². The second kappa shape index (κ2) is 2.94. The van der Waals surface area contributed by atoms with Crippen LogP contribution in [0.3, 0.4) is 0 Å². The number of halogens is 1. The number of nitrogens with zero attached hydrogens (tertiary/aromatic N) is 3. The molecular formula is C11H8ClN3. The van der Waals surface area contributed by atoms with Crippen molar-refractivity contribution in [2.45, 2.75) is 0 Å². The quantitative estimate of drug-likeness (QED) is 0.580. The first-order valence-electron chi connectivity index (χ1n) is 4.62. The topological polar surface area (TPSA) is 30.7 Å². The van der Waals surface area contributed by atoms with Crippen LogP contribution in [0.15, 0.2) is 30.6 Å². The van der Waals surface area contributed by atoms with E-state index in [0.717, 1.165) is 26.8 Å². The number of hydrogen-bond donors (Lipinski definition) is 0.